The molecule has 2 heterocycles. The van der Waals surface area contributed by atoms with Gasteiger partial charge < -0.3 is 14.9 Å². The number of phenols is 2. The molecule has 9 heteroatoms. The van der Waals surface area contributed by atoms with Crippen LogP contribution >= 0.6 is 0 Å². The summed E-state index contributed by atoms with van der Waals surface area (Å²) in [6.45, 7) is 0. The number of rotatable bonds is 4. The molecule has 0 fully saturated rings. The maximum absolute atomic E-state index is 13.0. The molecule has 0 aliphatic carbocycles. The summed E-state index contributed by atoms with van der Waals surface area (Å²) in [5.41, 5.74) is 0.675. The molecule has 2 aliphatic heterocycles. The highest BCUT2D eigenvalue weighted by Gasteiger charge is 2.39. The topological polar surface area (TPSA) is 124 Å². The third-order valence-electron chi connectivity index (χ3n) is 6.20. The van der Waals surface area contributed by atoms with Crippen LogP contribution in [0, 0.1) is 0 Å². The first-order valence-electron chi connectivity index (χ1n) is 11.1. The molecule has 9 nitrogen and oxygen atoms in total. The molecular weight excluding hydrogens is 476 g/mol. The smallest absolute Gasteiger partial charge is 0.266 e. The highest BCUT2D eigenvalue weighted by molar-refractivity contribution is 6.35. The van der Waals surface area contributed by atoms with Gasteiger partial charge in [-0.1, -0.05) is 24.3 Å². The number of hydrogen-bond donors (Lipinski definition) is 2. The summed E-state index contributed by atoms with van der Waals surface area (Å²) in [5, 5.41) is 20.2. The molecule has 4 amide bonds. The summed E-state index contributed by atoms with van der Waals surface area (Å²) < 4.78 is 5.86. The maximum atomic E-state index is 13.0. The molecule has 0 saturated heterocycles. The Morgan fingerprint density at radius 3 is 1.27 bits per heavy atom. The van der Waals surface area contributed by atoms with Gasteiger partial charge in [0, 0.05) is 0 Å². The first-order chi connectivity index (χ1) is 17.8. The lowest BCUT2D eigenvalue weighted by Gasteiger charge is -2.14. The molecule has 0 bridgehead atoms. The molecule has 37 heavy (non-hydrogen) atoms. The summed E-state index contributed by atoms with van der Waals surface area (Å²) in [6, 6.07) is 20.8. The van der Waals surface area contributed by atoms with Gasteiger partial charge in [0.2, 0.25) is 0 Å². The molecule has 180 valence electrons. The lowest BCUT2D eigenvalue weighted by Crippen LogP contribution is -2.29. The minimum Gasteiger partial charge on any atom is -0.506 e. The fourth-order valence-electron chi connectivity index (χ4n) is 4.45. The fourth-order valence-corrected chi connectivity index (χ4v) is 4.45. The Hall–Kier alpha value is -5.44. The molecule has 4 aromatic carbocycles. The molecule has 0 saturated carbocycles. The Balaban J connectivity index is 1.29. The lowest BCUT2D eigenvalue weighted by molar-refractivity contribution is 0.0909. The van der Waals surface area contributed by atoms with Crippen molar-refractivity contribution in [1.82, 2.24) is 0 Å². The second-order valence-electron chi connectivity index (χ2n) is 8.39. The summed E-state index contributed by atoms with van der Waals surface area (Å²) >= 11 is 0. The second kappa shape index (κ2) is 8.06. The standard InChI is InChI=1S/C28H16N2O7/c31-23-7-3-1-5-21(23)29-25(33)17-11-9-15(13-19(17)27(29)35)37-16-10-12-18-20(14-16)28(36)30(26(18)34)22-6-2-4-8-24(22)32/h1-14,31-32H. The van der Waals surface area contributed by atoms with Crippen LogP contribution in [0.25, 0.3) is 0 Å². The second-order valence-corrected chi connectivity index (χ2v) is 8.39. The van der Waals surface area contributed by atoms with Crippen molar-refractivity contribution in [3.63, 3.8) is 0 Å². The molecule has 2 N–H and O–H groups in total. The largest absolute Gasteiger partial charge is 0.506 e. The van der Waals surface area contributed by atoms with E-state index in [-0.39, 0.29) is 56.6 Å². The van der Waals surface area contributed by atoms with Gasteiger partial charge in [-0.2, -0.15) is 0 Å². The highest BCUT2D eigenvalue weighted by atomic mass is 16.5. The van der Waals surface area contributed by atoms with Crippen molar-refractivity contribution in [3.05, 3.63) is 107 Å². The molecule has 2 aliphatic rings. The zero-order valence-corrected chi connectivity index (χ0v) is 18.9. The van der Waals surface area contributed by atoms with Crippen molar-refractivity contribution in [2.75, 3.05) is 9.80 Å². The van der Waals surface area contributed by atoms with Crippen molar-refractivity contribution in [1.29, 1.82) is 0 Å². The Morgan fingerprint density at radius 2 is 0.865 bits per heavy atom. The number of benzene rings is 4. The number of aromatic hydroxyl groups is 2. The lowest BCUT2D eigenvalue weighted by atomic mass is 10.1. The molecule has 0 radical (unpaired) electrons. The van der Waals surface area contributed by atoms with Crippen molar-refractivity contribution in [2.45, 2.75) is 0 Å². The van der Waals surface area contributed by atoms with Crippen LogP contribution in [-0.2, 0) is 0 Å². The highest BCUT2D eigenvalue weighted by Crippen LogP contribution is 2.38. The Labute approximate surface area is 209 Å². The van der Waals surface area contributed by atoms with Crippen molar-refractivity contribution in [2.24, 2.45) is 0 Å². The van der Waals surface area contributed by atoms with Crippen LogP contribution in [0.4, 0.5) is 11.4 Å². The van der Waals surface area contributed by atoms with Crippen molar-refractivity contribution < 1.29 is 34.1 Å². The maximum Gasteiger partial charge on any atom is 0.266 e. The van der Waals surface area contributed by atoms with Crippen LogP contribution in [0.1, 0.15) is 41.4 Å². The average Bonchev–Trinajstić information content (AvgIpc) is 3.28. The Morgan fingerprint density at radius 1 is 0.486 bits per heavy atom. The zero-order valence-electron chi connectivity index (χ0n) is 18.9. The predicted octanol–water partition coefficient (Wildman–Crippen LogP) is 4.49. The summed E-state index contributed by atoms with van der Waals surface area (Å²) in [5.74, 6) is -2.31. The SMILES string of the molecule is O=C1c2ccc(Oc3ccc4c(c3)C(=O)N(c3ccccc3O)C4=O)cc2C(=O)N1c1ccccc1O. The number of fused-ring (bicyclic) bond motifs is 2. The quantitative estimate of drug-likeness (QED) is 0.402. The first-order valence-corrected chi connectivity index (χ1v) is 11.1. The predicted molar refractivity (Wildman–Crippen MR) is 131 cm³/mol. The van der Waals surface area contributed by atoms with Crippen LogP contribution in [0.3, 0.4) is 0 Å². The third kappa shape index (κ3) is 3.33. The number of hydrogen-bond acceptors (Lipinski definition) is 7. The zero-order chi connectivity index (χ0) is 25.8. The minimum atomic E-state index is -0.611. The molecular formula is C28H16N2O7. The number of para-hydroxylation sites is 4. The number of anilines is 2. The van der Waals surface area contributed by atoms with Gasteiger partial charge in [0.1, 0.15) is 23.0 Å². The van der Waals surface area contributed by atoms with Crippen LogP contribution in [-0.4, -0.2) is 33.8 Å². The summed E-state index contributed by atoms with van der Waals surface area (Å²) in [4.78, 5) is 53.6. The number of phenolic OH excluding ortho intramolecular Hbond substituents is 2. The monoisotopic (exact) mass is 492 g/mol. The van der Waals surface area contributed by atoms with Gasteiger partial charge in [0.05, 0.1) is 33.6 Å². The van der Waals surface area contributed by atoms with Crippen LogP contribution in [0.2, 0.25) is 0 Å². The van der Waals surface area contributed by atoms with E-state index in [2.05, 4.69) is 0 Å². The van der Waals surface area contributed by atoms with Crippen LogP contribution in [0.15, 0.2) is 84.9 Å². The van der Waals surface area contributed by atoms with Crippen molar-refractivity contribution >= 4 is 35.0 Å². The van der Waals surface area contributed by atoms with E-state index < -0.39 is 23.6 Å². The normalized spacial score (nSPS) is 14.3. The number of ether oxygens (including phenoxy) is 1. The van der Waals surface area contributed by atoms with Gasteiger partial charge >= 0.3 is 0 Å². The average molecular weight is 492 g/mol. The van der Waals surface area contributed by atoms with Gasteiger partial charge in [-0.25, -0.2) is 9.80 Å². The van der Waals surface area contributed by atoms with E-state index in [0.29, 0.717) is 0 Å². The van der Waals surface area contributed by atoms with E-state index >= 15 is 0 Å². The number of nitrogens with zero attached hydrogens (tertiary/aromatic N) is 2. The van der Waals surface area contributed by atoms with E-state index in [1.165, 1.54) is 60.7 Å². The van der Waals surface area contributed by atoms with Gasteiger partial charge in [-0.15, -0.1) is 0 Å². The van der Waals surface area contributed by atoms with Gasteiger partial charge in [0.15, 0.2) is 0 Å². The van der Waals surface area contributed by atoms with Crippen molar-refractivity contribution in [3.8, 4) is 23.0 Å². The Bertz CT molecular complexity index is 1550. The molecule has 6 rings (SSSR count). The van der Waals surface area contributed by atoms with Gasteiger partial charge in [-0.05, 0) is 60.7 Å². The number of amides is 4. The number of carbonyl (C=O) groups is 4. The first kappa shape index (κ1) is 22.1. The van der Waals surface area contributed by atoms with E-state index in [4.69, 9.17) is 4.74 Å². The molecule has 0 atom stereocenters. The Kier molecular flexibility index (Phi) is 4.80. The molecule has 0 unspecified atom stereocenters. The number of imide groups is 2. The van der Waals surface area contributed by atoms with E-state index in [0.717, 1.165) is 9.80 Å². The van der Waals surface area contributed by atoms with E-state index in [1.54, 1.807) is 24.3 Å². The summed E-state index contributed by atoms with van der Waals surface area (Å²) in [6.07, 6.45) is 0. The van der Waals surface area contributed by atoms with Crippen LogP contribution < -0.4 is 14.5 Å². The van der Waals surface area contributed by atoms with Gasteiger partial charge in [-0.3, -0.25) is 19.2 Å². The van der Waals surface area contributed by atoms with E-state index in [9.17, 15) is 29.4 Å². The van der Waals surface area contributed by atoms with Gasteiger partial charge in [0.25, 0.3) is 23.6 Å². The third-order valence-corrected chi connectivity index (χ3v) is 6.20. The molecule has 0 spiro atoms. The fraction of sp³-hybridized carbons (Fsp3) is 0. The molecule has 4 aromatic rings. The summed E-state index contributed by atoms with van der Waals surface area (Å²) in [7, 11) is 0. The van der Waals surface area contributed by atoms with Crippen LogP contribution in [0.5, 0.6) is 23.0 Å². The van der Waals surface area contributed by atoms with E-state index in [1.807, 2.05) is 0 Å². The number of carbonyl (C=O) groups excluding carboxylic acids is 4. The molecule has 0 aromatic heterocycles. The minimum absolute atomic E-state index is 0.0759.